The lowest BCUT2D eigenvalue weighted by molar-refractivity contribution is 1.09. The third kappa shape index (κ3) is 5.87. The average Bonchev–Trinajstić information content (AvgIpc) is 3.85. The molecule has 0 atom stereocenters. The quantitative estimate of drug-likeness (QED) is 0.169. The highest BCUT2D eigenvalue weighted by Gasteiger charge is 2.23. The highest BCUT2D eigenvalue weighted by Crippen LogP contribution is 2.42. The molecular weight excluding hydrogens is 761 g/mol. The number of rotatable bonds is 5. The van der Waals surface area contributed by atoms with Crippen molar-refractivity contribution in [1.82, 2.24) is 9.13 Å². The summed E-state index contributed by atoms with van der Waals surface area (Å²) in [4.78, 5) is 0. The predicted octanol–water partition coefficient (Wildman–Crippen LogP) is 12.1. The van der Waals surface area contributed by atoms with Gasteiger partial charge in [0.25, 0.3) is 0 Å². The summed E-state index contributed by atoms with van der Waals surface area (Å²) in [5.41, 5.74) is 11.8. The zero-order valence-electron chi connectivity index (χ0n) is 32.6. The van der Waals surface area contributed by atoms with Gasteiger partial charge in [0.05, 0.1) is 103 Å². The van der Waals surface area contributed by atoms with Crippen molar-refractivity contribution in [2.24, 2.45) is 0 Å². The van der Waals surface area contributed by atoms with E-state index in [1.165, 1.54) is 0 Å². The molecule has 10 aromatic rings. The van der Waals surface area contributed by atoms with E-state index in [0.29, 0.717) is 50.2 Å². The monoisotopic (exact) mass is 786 g/mol. The molecule has 0 fully saturated rings. The van der Waals surface area contributed by atoms with Crippen LogP contribution in [-0.2, 0) is 0 Å². The summed E-state index contributed by atoms with van der Waals surface area (Å²) in [6, 6.07) is 63.4. The number of nitriles is 6. The molecule has 8 nitrogen and oxygen atoms in total. The van der Waals surface area contributed by atoms with Gasteiger partial charge in [-0.2, -0.15) is 31.6 Å². The van der Waals surface area contributed by atoms with Crippen LogP contribution in [0.4, 0.5) is 0 Å². The molecule has 8 aromatic carbocycles. The molecule has 0 saturated heterocycles. The Morgan fingerprint density at radius 3 is 1.19 bits per heavy atom. The van der Waals surface area contributed by atoms with Gasteiger partial charge in [-0.3, -0.25) is 0 Å². The predicted molar refractivity (Wildman–Crippen MR) is 240 cm³/mol. The number of fused-ring (bicyclic) bond motifs is 6. The zero-order chi connectivity index (χ0) is 42.5. The van der Waals surface area contributed by atoms with Gasteiger partial charge in [-0.1, -0.05) is 72.8 Å². The van der Waals surface area contributed by atoms with Crippen molar-refractivity contribution in [1.29, 1.82) is 31.6 Å². The largest absolute Gasteiger partial charge is 0.307 e. The molecule has 0 spiro atoms. The second kappa shape index (κ2) is 14.6. The van der Waals surface area contributed by atoms with Gasteiger partial charge in [-0.15, -0.1) is 0 Å². The highest BCUT2D eigenvalue weighted by atomic mass is 15.1. The lowest BCUT2D eigenvalue weighted by atomic mass is 9.96. The second-order valence-electron chi connectivity index (χ2n) is 14.9. The molecule has 0 aliphatic rings. The van der Waals surface area contributed by atoms with Crippen LogP contribution < -0.4 is 0 Å². The van der Waals surface area contributed by atoms with E-state index in [0.717, 1.165) is 71.6 Å². The van der Waals surface area contributed by atoms with Crippen LogP contribution >= 0.6 is 0 Å². The molecule has 2 aromatic heterocycles. The molecule has 0 radical (unpaired) electrons. The van der Waals surface area contributed by atoms with Crippen LogP contribution in [0.3, 0.4) is 0 Å². The maximum absolute atomic E-state index is 10.9. The van der Waals surface area contributed by atoms with Gasteiger partial charge in [-0.25, -0.2) is 0 Å². The van der Waals surface area contributed by atoms with E-state index >= 15 is 0 Å². The van der Waals surface area contributed by atoms with E-state index in [4.69, 9.17) is 0 Å². The number of nitrogens with zero attached hydrogens (tertiary/aromatic N) is 8. The Bertz CT molecular complexity index is 3770. The van der Waals surface area contributed by atoms with Gasteiger partial charge in [0.15, 0.2) is 0 Å². The van der Waals surface area contributed by atoms with E-state index in [1.807, 2.05) is 60.7 Å². The van der Waals surface area contributed by atoms with Crippen molar-refractivity contribution >= 4 is 43.6 Å². The first-order chi connectivity index (χ1) is 30.4. The summed E-state index contributed by atoms with van der Waals surface area (Å²) in [6.07, 6.45) is 0. The molecule has 0 aliphatic heterocycles. The van der Waals surface area contributed by atoms with Crippen LogP contribution in [-0.4, -0.2) is 9.13 Å². The number of benzene rings is 8. The van der Waals surface area contributed by atoms with Crippen LogP contribution in [0.1, 0.15) is 33.4 Å². The Kier molecular flexibility index (Phi) is 8.62. The fraction of sp³-hybridized carbons (Fsp3) is 0. The van der Waals surface area contributed by atoms with Crippen molar-refractivity contribution < 1.29 is 0 Å². The van der Waals surface area contributed by atoms with Gasteiger partial charge >= 0.3 is 0 Å². The van der Waals surface area contributed by atoms with Gasteiger partial charge < -0.3 is 9.13 Å². The van der Waals surface area contributed by atoms with Crippen molar-refractivity contribution in [3.05, 3.63) is 191 Å². The molecule has 282 valence electrons. The standard InChI is InChI=1S/C54H26N8/c55-27-33-6-5-7-40(18-33)48-26-54(62-50-11-4-2-9-45(50)47-15-13-39(24-52(47)62)42-21-36(30-58)17-37(22-42)31-59)53(25-43(48)32-60)61-49-10-3-1-8-44(49)46-14-12-38(23-51(46)61)41-19-34(28-56)16-35(20-41)29-57/h1-26H. The molecule has 0 aliphatic carbocycles. The number of hydrogen-bond acceptors (Lipinski definition) is 6. The Balaban J connectivity index is 1.35. The van der Waals surface area contributed by atoms with E-state index in [1.54, 1.807) is 48.5 Å². The third-order valence-electron chi connectivity index (χ3n) is 11.4. The minimum absolute atomic E-state index is 0.380. The summed E-state index contributed by atoms with van der Waals surface area (Å²) in [5.74, 6) is 0. The van der Waals surface area contributed by atoms with Gasteiger partial charge in [0, 0.05) is 27.1 Å². The number of para-hydroxylation sites is 2. The molecule has 2 heterocycles. The second-order valence-corrected chi connectivity index (χ2v) is 14.9. The van der Waals surface area contributed by atoms with E-state index in [9.17, 15) is 31.6 Å². The van der Waals surface area contributed by atoms with Crippen molar-refractivity contribution in [2.75, 3.05) is 0 Å². The minimum atomic E-state index is 0.380. The Morgan fingerprint density at radius 1 is 0.290 bits per heavy atom. The highest BCUT2D eigenvalue weighted by molar-refractivity contribution is 6.13. The minimum Gasteiger partial charge on any atom is -0.307 e. The third-order valence-corrected chi connectivity index (χ3v) is 11.4. The maximum atomic E-state index is 10.9. The van der Waals surface area contributed by atoms with E-state index < -0.39 is 0 Å². The summed E-state index contributed by atoms with van der Waals surface area (Å²) in [7, 11) is 0. The lowest BCUT2D eigenvalue weighted by Crippen LogP contribution is -2.05. The first kappa shape index (κ1) is 36.6. The topological polar surface area (TPSA) is 153 Å². The smallest absolute Gasteiger partial charge is 0.0998 e. The maximum Gasteiger partial charge on any atom is 0.0998 e. The molecule has 0 unspecified atom stereocenters. The molecule has 0 saturated carbocycles. The lowest BCUT2D eigenvalue weighted by Gasteiger charge is -2.20. The molecule has 10 rings (SSSR count). The van der Waals surface area contributed by atoms with Crippen molar-refractivity contribution in [3.8, 4) is 81.2 Å². The fourth-order valence-corrected chi connectivity index (χ4v) is 8.69. The van der Waals surface area contributed by atoms with Gasteiger partial charge in [0.2, 0.25) is 0 Å². The van der Waals surface area contributed by atoms with Crippen LogP contribution in [0.2, 0.25) is 0 Å². The summed E-state index contributed by atoms with van der Waals surface area (Å²) in [5, 5.41) is 64.1. The first-order valence-corrected chi connectivity index (χ1v) is 19.5. The van der Waals surface area contributed by atoms with Crippen molar-refractivity contribution in [2.45, 2.75) is 0 Å². The van der Waals surface area contributed by atoms with Crippen LogP contribution in [0.25, 0.3) is 88.4 Å². The normalized spacial score (nSPS) is 10.8. The summed E-state index contributed by atoms with van der Waals surface area (Å²) < 4.78 is 4.36. The summed E-state index contributed by atoms with van der Waals surface area (Å²) in [6.45, 7) is 0. The fourth-order valence-electron chi connectivity index (χ4n) is 8.69. The molecular formula is C54H26N8. The van der Waals surface area contributed by atoms with Crippen molar-refractivity contribution in [3.63, 3.8) is 0 Å². The van der Waals surface area contributed by atoms with Crippen LogP contribution in [0, 0.1) is 68.0 Å². The number of hydrogen-bond donors (Lipinski definition) is 0. The molecule has 0 amide bonds. The Hall–Kier alpha value is -9.70. The Morgan fingerprint density at radius 2 is 0.726 bits per heavy atom. The molecule has 62 heavy (non-hydrogen) atoms. The first-order valence-electron chi connectivity index (χ1n) is 19.5. The van der Waals surface area contributed by atoms with Crippen LogP contribution in [0.15, 0.2) is 158 Å². The Labute approximate surface area is 355 Å². The van der Waals surface area contributed by atoms with Gasteiger partial charge in [0.1, 0.15) is 0 Å². The molecule has 0 N–H and O–H groups in total. The SMILES string of the molecule is N#Cc1cc(C#N)cc(-c2ccc3c4ccccc4n(-c4cc(C#N)c(-c5cccc(C#N)c5)cc4-n4c5ccccc5c5ccc(-c6cc(C#N)cc(C#N)c6)cc54)c3c2)c1. The average molecular weight is 787 g/mol. The zero-order valence-corrected chi connectivity index (χ0v) is 32.6. The van der Waals surface area contributed by atoms with E-state index in [-0.39, 0.29) is 0 Å². The molecule has 8 heteroatoms. The summed E-state index contributed by atoms with van der Waals surface area (Å²) >= 11 is 0. The molecule has 0 bridgehead atoms. The van der Waals surface area contributed by atoms with E-state index in [2.05, 4.69) is 94.1 Å². The van der Waals surface area contributed by atoms with Crippen LogP contribution in [0.5, 0.6) is 0 Å². The number of aromatic nitrogens is 2. The van der Waals surface area contributed by atoms with Gasteiger partial charge in [-0.05, 0) is 113 Å².